The summed E-state index contributed by atoms with van der Waals surface area (Å²) in [7, 11) is 0. The molecule has 0 saturated carbocycles. The first-order chi connectivity index (χ1) is 14.8. The maximum atomic E-state index is 13.3. The highest BCUT2D eigenvalue weighted by Crippen LogP contribution is 2.26. The molecule has 0 aliphatic rings. The van der Waals surface area contributed by atoms with E-state index < -0.39 is 0 Å². The molecule has 4 aromatic heterocycles. The second kappa shape index (κ2) is 8.14. The van der Waals surface area contributed by atoms with Gasteiger partial charge in [0.25, 0.3) is 0 Å². The van der Waals surface area contributed by atoms with Crippen LogP contribution in [0.5, 0.6) is 0 Å². The van der Waals surface area contributed by atoms with E-state index in [0.717, 1.165) is 22.3 Å². The highest BCUT2D eigenvalue weighted by atomic mass is 16.2. The van der Waals surface area contributed by atoms with E-state index in [1.807, 2.05) is 32.2 Å². The predicted octanol–water partition coefficient (Wildman–Crippen LogP) is 3.70. The molecule has 4 rings (SSSR count). The molecule has 158 valence electrons. The van der Waals surface area contributed by atoms with Gasteiger partial charge in [0.15, 0.2) is 5.78 Å². The van der Waals surface area contributed by atoms with Crippen molar-refractivity contribution in [2.24, 2.45) is 0 Å². The molecule has 0 bridgehead atoms. The first kappa shape index (κ1) is 20.5. The van der Waals surface area contributed by atoms with E-state index in [2.05, 4.69) is 38.8 Å². The topological polar surface area (TPSA) is 94.7 Å². The van der Waals surface area contributed by atoms with Crippen LogP contribution < -0.4 is 5.32 Å². The number of fused-ring (bicyclic) bond motifs is 1. The number of nitrogens with zero attached hydrogens (tertiary/aromatic N) is 5. The zero-order valence-electron chi connectivity index (χ0n) is 18.0. The Labute approximate surface area is 179 Å². The number of rotatable bonds is 6. The summed E-state index contributed by atoms with van der Waals surface area (Å²) in [5.41, 5.74) is 4.14. The maximum Gasteiger partial charge on any atom is 0.246 e. The van der Waals surface area contributed by atoms with Gasteiger partial charge in [-0.15, -0.1) is 0 Å². The number of amides is 1. The van der Waals surface area contributed by atoms with Crippen molar-refractivity contribution >= 4 is 28.3 Å². The second-order valence-corrected chi connectivity index (χ2v) is 7.86. The second-order valence-electron chi connectivity index (χ2n) is 7.86. The fourth-order valence-corrected chi connectivity index (χ4v) is 3.67. The quantitative estimate of drug-likeness (QED) is 0.484. The summed E-state index contributed by atoms with van der Waals surface area (Å²) in [6.07, 6.45) is 8.31. The lowest BCUT2D eigenvalue weighted by molar-refractivity contribution is -0.116. The summed E-state index contributed by atoms with van der Waals surface area (Å²) in [6, 6.07) is 5.66. The summed E-state index contributed by atoms with van der Waals surface area (Å²) in [5, 5.41) is 7.89. The molecule has 0 saturated heterocycles. The van der Waals surface area contributed by atoms with Crippen LogP contribution in [0.3, 0.4) is 0 Å². The first-order valence-corrected chi connectivity index (χ1v) is 10.1. The van der Waals surface area contributed by atoms with Gasteiger partial charge in [0, 0.05) is 53.0 Å². The summed E-state index contributed by atoms with van der Waals surface area (Å²) < 4.78 is 3.69. The van der Waals surface area contributed by atoms with Crippen LogP contribution in [0.15, 0.2) is 49.2 Å². The first-order valence-electron chi connectivity index (χ1n) is 10.1. The fourth-order valence-electron chi connectivity index (χ4n) is 3.67. The van der Waals surface area contributed by atoms with E-state index >= 15 is 0 Å². The third kappa shape index (κ3) is 4.09. The van der Waals surface area contributed by atoms with E-state index in [9.17, 15) is 9.59 Å². The third-order valence-corrected chi connectivity index (χ3v) is 5.12. The van der Waals surface area contributed by atoms with Crippen molar-refractivity contribution in [1.29, 1.82) is 0 Å². The average molecular weight is 416 g/mol. The third-order valence-electron chi connectivity index (χ3n) is 5.12. The van der Waals surface area contributed by atoms with E-state index in [-0.39, 0.29) is 24.3 Å². The summed E-state index contributed by atoms with van der Waals surface area (Å²) >= 11 is 0. The Morgan fingerprint density at radius 1 is 1.10 bits per heavy atom. The zero-order valence-corrected chi connectivity index (χ0v) is 18.0. The molecule has 4 aromatic rings. The Kier molecular flexibility index (Phi) is 5.37. The Hall–Kier alpha value is -3.81. The molecule has 0 aliphatic carbocycles. The van der Waals surface area contributed by atoms with Crippen LogP contribution >= 0.6 is 0 Å². The SMILES string of the molecule is Cc1cc(C)n(CC(=O)Nc2cncc(C(=O)c3cn(C(C)C)c4ccncc34)c2)n1. The fraction of sp³-hybridized carbons (Fsp3) is 0.261. The Morgan fingerprint density at radius 2 is 1.90 bits per heavy atom. The highest BCUT2D eigenvalue weighted by molar-refractivity contribution is 6.16. The largest absolute Gasteiger partial charge is 0.344 e. The number of aryl methyl sites for hydroxylation is 2. The Bertz CT molecular complexity index is 1280. The van der Waals surface area contributed by atoms with Crippen molar-refractivity contribution < 1.29 is 9.59 Å². The minimum atomic E-state index is -0.238. The van der Waals surface area contributed by atoms with Crippen molar-refractivity contribution in [3.8, 4) is 0 Å². The number of ketones is 1. The van der Waals surface area contributed by atoms with Crippen LogP contribution in [0, 0.1) is 13.8 Å². The molecule has 8 nitrogen and oxygen atoms in total. The number of carbonyl (C=O) groups is 2. The van der Waals surface area contributed by atoms with Gasteiger partial charge >= 0.3 is 0 Å². The van der Waals surface area contributed by atoms with Gasteiger partial charge in [-0.05, 0) is 45.9 Å². The summed E-state index contributed by atoms with van der Waals surface area (Å²) in [5.74, 6) is -0.405. The lowest BCUT2D eigenvalue weighted by Gasteiger charge is -2.08. The van der Waals surface area contributed by atoms with Gasteiger partial charge < -0.3 is 9.88 Å². The van der Waals surface area contributed by atoms with E-state index in [1.165, 1.54) is 12.4 Å². The monoisotopic (exact) mass is 416 g/mol. The smallest absolute Gasteiger partial charge is 0.246 e. The summed E-state index contributed by atoms with van der Waals surface area (Å²) in [6.45, 7) is 8.00. The van der Waals surface area contributed by atoms with Crippen LogP contribution in [0.2, 0.25) is 0 Å². The number of hydrogen-bond donors (Lipinski definition) is 1. The molecule has 8 heteroatoms. The van der Waals surface area contributed by atoms with Crippen molar-refractivity contribution in [2.45, 2.75) is 40.3 Å². The van der Waals surface area contributed by atoms with Crippen LogP contribution in [0.4, 0.5) is 5.69 Å². The van der Waals surface area contributed by atoms with Crippen molar-refractivity contribution in [2.75, 3.05) is 5.32 Å². The molecule has 0 aliphatic heterocycles. The van der Waals surface area contributed by atoms with E-state index in [1.54, 1.807) is 23.1 Å². The molecular weight excluding hydrogens is 392 g/mol. The molecule has 31 heavy (non-hydrogen) atoms. The lowest BCUT2D eigenvalue weighted by atomic mass is 10.1. The Morgan fingerprint density at radius 3 is 2.61 bits per heavy atom. The number of nitrogens with one attached hydrogen (secondary N) is 1. The molecule has 0 spiro atoms. The van der Waals surface area contributed by atoms with Crippen LogP contribution in [-0.4, -0.2) is 36.0 Å². The van der Waals surface area contributed by atoms with Crippen LogP contribution in [0.1, 0.15) is 47.2 Å². The van der Waals surface area contributed by atoms with E-state index in [4.69, 9.17) is 0 Å². The number of anilines is 1. The highest BCUT2D eigenvalue weighted by Gasteiger charge is 2.19. The molecule has 4 heterocycles. The van der Waals surface area contributed by atoms with Gasteiger partial charge in [-0.1, -0.05) is 0 Å². The van der Waals surface area contributed by atoms with Gasteiger partial charge in [-0.3, -0.25) is 24.2 Å². The molecule has 0 atom stereocenters. The van der Waals surface area contributed by atoms with Crippen molar-refractivity contribution in [1.82, 2.24) is 24.3 Å². The van der Waals surface area contributed by atoms with Crippen molar-refractivity contribution in [3.05, 3.63) is 71.7 Å². The molecule has 0 fully saturated rings. The standard InChI is InChI=1S/C23H24N6O2/c1-14(2)28-12-20(19-11-24-6-5-21(19)28)23(31)17-8-18(10-25-9-17)26-22(30)13-29-16(4)7-15(3)27-29/h5-12,14H,13H2,1-4H3,(H,26,30). The van der Waals surface area contributed by atoms with Gasteiger partial charge in [-0.25, -0.2) is 0 Å². The molecule has 0 unspecified atom stereocenters. The number of carbonyl (C=O) groups excluding carboxylic acids is 2. The Balaban J connectivity index is 1.58. The van der Waals surface area contributed by atoms with Gasteiger partial charge in [0.2, 0.25) is 5.91 Å². The van der Waals surface area contributed by atoms with Gasteiger partial charge in [0.05, 0.1) is 23.1 Å². The van der Waals surface area contributed by atoms with E-state index in [0.29, 0.717) is 16.8 Å². The minimum absolute atomic E-state index is 0.0887. The molecule has 1 N–H and O–H groups in total. The normalized spacial score (nSPS) is 11.3. The minimum Gasteiger partial charge on any atom is -0.344 e. The number of pyridine rings is 2. The van der Waals surface area contributed by atoms with Crippen LogP contribution in [0.25, 0.3) is 10.9 Å². The molecule has 0 aromatic carbocycles. The van der Waals surface area contributed by atoms with Gasteiger partial charge in [0.1, 0.15) is 6.54 Å². The average Bonchev–Trinajstić information content (AvgIpc) is 3.27. The predicted molar refractivity (Wildman–Crippen MR) is 118 cm³/mol. The number of aromatic nitrogens is 5. The van der Waals surface area contributed by atoms with Crippen molar-refractivity contribution in [3.63, 3.8) is 0 Å². The maximum absolute atomic E-state index is 13.3. The molecule has 0 radical (unpaired) electrons. The molecular formula is C23H24N6O2. The summed E-state index contributed by atoms with van der Waals surface area (Å²) in [4.78, 5) is 34.1. The van der Waals surface area contributed by atoms with Crippen LogP contribution in [-0.2, 0) is 11.3 Å². The zero-order chi connectivity index (χ0) is 22.1. The molecule has 1 amide bonds. The number of hydrogen-bond acceptors (Lipinski definition) is 5. The van der Waals surface area contributed by atoms with Gasteiger partial charge in [-0.2, -0.15) is 5.10 Å². The lowest BCUT2D eigenvalue weighted by Crippen LogP contribution is -2.20.